The second-order valence-electron chi connectivity index (χ2n) is 6.43. The van der Waals surface area contributed by atoms with E-state index in [-0.39, 0.29) is 6.42 Å². The standard InChI is InChI=1S/C20H19NO6/c22-18(23)11-20(12-19(24)25)10-17(21-27-20)15-7-4-8-16(9-15)26-13-14-5-2-1-3-6-14/h1-9H,10-13H2,(H,22,23)(H,24,25). The van der Waals surface area contributed by atoms with Crippen molar-refractivity contribution >= 4 is 17.7 Å². The first-order valence-electron chi connectivity index (χ1n) is 8.42. The van der Waals surface area contributed by atoms with Crippen molar-refractivity contribution in [1.82, 2.24) is 0 Å². The van der Waals surface area contributed by atoms with Crippen LogP contribution in [-0.4, -0.2) is 33.5 Å². The van der Waals surface area contributed by atoms with Gasteiger partial charge in [-0.3, -0.25) is 9.59 Å². The van der Waals surface area contributed by atoms with Crippen LogP contribution >= 0.6 is 0 Å². The van der Waals surface area contributed by atoms with Crippen molar-refractivity contribution in [2.75, 3.05) is 0 Å². The van der Waals surface area contributed by atoms with E-state index in [1.807, 2.05) is 36.4 Å². The van der Waals surface area contributed by atoms with E-state index in [1.54, 1.807) is 18.2 Å². The number of aliphatic carboxylic acids is 2. The fourth-order valence-corrected chi connectivity index (χ4v) is 2.99. The van der Waals surface area contributed by atoms with Gasteiger partial charge in [-0.1, -0.05) is 47.6 Å². The second kappa shape index (κ2) is 7.90. The highest BCUT2D eigenvalue weighted by Crippen LogP contribution is 2.34. The van der Waals surface area contributed by atoms with Crippen molar-refractivity contribution < 1.29 is 29.4 Å². The SMILES string of the molecule is O=C(O)CC1(CC(=O)O)CC(c2cccc(OCc3ccccc3)c2)=NO1. The maximum absolute atomic E-state index is 11.1. The normalized spacial score (nSPS) is 14.9. The molecule has 1 heterocycles. The Bertz CT molecular complexity index is 846. The molecule has 1 aliphatic rings. The van der Waals surface area contributed by atoms with Gasteiger partial charge in [0.05, 0.1) is 18.6 Å². The van der Waals surface area contributed by atoms with Gasteiger partial charge in [-0.15, -0.1) is 0 Å². The quantitative estimate of drug-likeness (QED) is 0.741. The van der Waals surface area contributed by atoms with Gasteiger partial charge in [-0.2, -0.15) is 0 Å². The smallest absolute Gasteiger partial charge is 0.307 e. The number of hydrogen-bond acceptors (Lipinski definition) is 5. The fourth-order valence-electron chi connectivity index (χ4n) is 2.99. The predicted molar refractivity (Wildman–Crippen MR) is 96.7 cm³/mol. The average molecular weight is 369 g/mol. The Morgan fingerprint density at radius 1 is 1.04 bits per heavy atom. The minimum absolute atomic E-state index is 0.105. The Kier molecular flexibility index (Phi) is 5.40. The summed E-state index contributed by atoms with van der Waals surface area (Å²) in [6.45, 7) is 0.412. The van der Waals surface area contributed by atoms with Gasteiger partial charge in [0, 0.05) is 12.0 Å². The first-order chi connectivity index (χ1) is 13.0. The predicted octanol–water partition coefficient (Wildman–Crippen LogP) is 3.08. The highest BCUT2D eigenvalue weighted by molar-refractivity contribution is 6.02. The molecule has 7 nitrogen and oxygen atoms in total. The molecule has 3 rings (SSSR count). The third kappa shape index (κ3) is 4.84. The van der Waals surface area contributed by atoms with Crippen LogP contribution in [0, 0.1) is 0 Å². The lowest BCUT2D eigenvalue weighted by atomic mass is 9.88. The van der Waals surface area contributed by atoms with Crippen molar-refractivity contribution in [2.24, 2.45) is 5.16 Å². The number of oxime groups is 1. The summed E-state index contributed by atoms with van der Waals surface area (Å²) in [5.41, 5.74) is 0.876. The number of nitrogens with zero attached hydrogens (tertiary/aromatic N) is 1. The number of hydrogen-bond donors (Lipinski definition) is 2. The highest BCUT2D eigenvalue weighted by Gasteiger charge is 2.43. The average Bonchev–Trinajstić information content (AvgIpc) is 3.03. The molecule has 140 valence electrons. The van der Waals surface area contributed by atoms with Crippen molar-refractivity contribution in [1.29, 1.82) is 0 Å². The highest BCUT2D eigenvalue weighted by atomic mass is 16.7. The van der Waals surface area contributed by atoms with Crippen molar-refractivity contribution in [3.63, 3.8) is 0 Å². The number of benzene rings is 2. The molecule has 7 heteroatoms. The number of carboxylic acid groups (broad SMARTS) is 2. The van der Waals surface area contributed by atoms with Gasteiger partial charge in [0.2, 0.25) is 0 Å². The first kappa shape index (κ1) is 18.4. The molecule has 0 amide bonds. The van der Waals surface area contributed by atoms with E-state index in [2.05, 4.69) is 5.16 Å². The summed E-state index contributed by atoms with van der Waals surface area (Å²) in [5.74, 6) is -1.63. The van der Waals surface area contributed by atoms with E-state index in [0.29, 0.717) is 23.6 Å². The third-order valence-corrected chi connectivity index (χ3v) is 4.20. The van der Waals surface area contributed by atoms with Crippen molar-refractivity contribution in [3.05, 3.63) is 65.7 Å². The summed E-state index contributed by atoms with van der Waals surface area (Å²) in [6.07, 6.45) is -0.763. The van der Waals surface area contributed by atoms with Gasteiger partial charge in [0.1, 0.15) is 12.4 Å². The summed E-state index contributed by atoms with van der Waals surface area (Å²) in [5, 5.41) is 22.1. The molecule has 0 atom stereocenters. The molecule has 0 bridgehead atoms. The van der Waals surface area contributed by atoms with Gasteiger partial charge < -0.3 is 19.8 Å². The zero-order valence-corrected chi connectivity index (χ0v) is 14.5. The van der Waals surface area contributed by atoms with E-state index in [0.717, 1.165) is 5.56 Å². The lowest BCUT2D eigenvalue weighted by Crippen LogP contribution is -2.35. The second-order valence-corrected chi connectivity index (χ2v) is 6.43. The number of ether oxygens (including phenoxy) is 1. The topological polar surface area (TPSA) is 105 Å². The number of rotatable bonds is 8. The summed E-state index contributed by atoms with van der Waals surface area (Å²) >= 11 is 0. The molecular formula is C20H19NO6. The van der Waals surface area contributed by atoms with Crippen LogP contribution in [0.1, 0.15) is 30.4 Å². The van der Waals surface area contributed by atoms with E-state index >= 15 is 0 Å². The zero-order chi connectivity index (χ0) is 19.3. The van der Waals surface area contributed by atoms with Gasteiger partial charge in [-0.05, 0) is 17.7 Å². The fraction of sp³-hybridized carbons (Fsp3) is 0.250. The van der Waals surface area contributed by atoms with Crippen LogP contribution in [0.25, 0.3) is 0 Å². The Morgan fingerprint density at radius 2 is 1.74 bits per heavy atom. The van der Waals surface area contributed by atoms with Gasteiger partial charge in [-0.25, -0.2) is 0 Å². The van der Waals surface area contributed by atoms with Gasteiger partial charge >= 0.3 is 11.9 Å². The van der Waals surface area contributed by atoms with Crippen LogP contribution in [0.2, 0.25) is 0 Å². The van der Waals surface area contributed by atoms with Crippen LogP contribution in [0.15, 0.2) is 59.8 Å². The Morgan fingerprint density at radius 3 is 2.41 bits per heavy atom. The van der Waals surface area contributed by atoms with Crippen molar-refractivity contribution in [2.45, 2.75) is 31.5 Å². The molecule has 1 aliphatic heterocycles. The van der Waals surface area contributed by atoms with Crippen LogP contribution < -0.4 is 4.74 Å². The number of carboxylic acids is 2. The Balaban J connectivity index is 1.71. The molecule has 0 aromatic heterocycles. The Labute approximate surface area is 155 Å². The van der Waals surface area contributed by atoms with E-state index < -0.39 is 30.4 Å². The molecule has 2 aromatic carbocycles. The molecular weight excluding hydrogens is 350 g/mol. The van der Waals surface area contributed by atoms with Crippen LogP contribution in [0.5, 0.6) is 5.75 Å². The van der Waals surface area contributed by atoms with E-state index in [9.17, 15) is 9.59 Å². The maximum atomic E-state index is 11.1. The monoisotopic (exact) mass is 369 g/mol. The molecule has 0 fully saturated rings. The molecule has 0 radical (unpaired) electrons. The molecule has 0 saturated heterocycles. The molecule has 2 N–H and O–H groups in total. The minimum Gasteiger partial charge on any atom is -0.489 e. The molecule has 0 spiro atoms. The van der Waals surface area contributed by atoms with Gasteiger partial charge in [0.15, 0.2) is 5.60 Å². The van der Waals surface area contributed by atoms with Gasteiger partial charge in [0.25, 0.3) is 0 Å². The lowest BCUT2D eigenvalue weighted by Gasteiger charge is -2.22. The summed E-state index contributed by atoms with van der Waals surface area (Å²) in [6, 6.07) is 16.9. The lowest BCUT2D eigenvalue weighted by molar-refractivity contribution is -0.151. The largest absolute Gasteiger partial charge is 0.489 e. The molecule has 0 aliphatic carbocycles. The summed E-state index contributed by atoms with van der Waals surface area (Å²) in [4.78, 5) is 27.5. The molecule has 0 saturated carbocycles. The molecule has 0 unspecified atom stereocenters. The summed E-state index contributed by atoms with van der Waals surface area (Å²) in [7, 11) is 0. The minimum atomic E-state index is -1.37. The first-order valence-corrected chi connectivity index (χ1v) is 8.42. The van der Waals surface area contributed by atoms with E-state index in [4.69, 9.17) is 19.8 Å². The van der Waals surface area contributed by atoms with E-state index in [1.165, 1.54) is 0 Å². The van der Waals surface area contributed by atoms with Crippen LogP contribution in [0.4, 0.5) is 0 Å². The number of carbonyl (C=O) groups is 2. The molecule has 27 heavy (non-hydrogen) atoms. The maximum Gasteiger partial charge on any atom is 0.307 e. The van der Waals surface area contributed by atoms with Crippen LogP contribution in [-0.2, 0) is 21.0 Å². The molecule has 2 aromatic rings. The Hall–Kier alpha value is -3.35. The van der Waals surface area contributed by atoms with Crippen molar-refractivity contribution in [3.8, 4) is 5.75 Å². The zero-order valence-electron chi connectivity index (χ0n) is 14.5. The third-order valence-electron chi connectivity index (χ3n) is 4.20. The van der Waals surface area contributed by atoms with Crippen LogP contribution in [0.3, 0.4) is 0 Å². The summed E-state index contributed by atoms with van der Waals surface area (Å²) < 4.78 is 5.79.